The fraction of sp³-hybridized carbons (Fsp3) is 0. The Balaban J connectivity index is 1.30. The number of anilines is 4. The lowest BCUT2D eigenvalue weighted by atomic mass is 9.85. The molecule has 8 aromatic rings. The van der Waals surface area contributed by atoms with E-state index in [1.165, 1.54) is 33.4 Å². The maximum atomic E-state index is 3.77. The third-order valence-corrected chi connectivity index (χ3v) is 9.08. The maximum Gasteiger partial charge on any atom is 0.0470 e. The van der Waals surface area contributed by atoms with Crippen molar-refractivity contribution < 1.29 is 0 Å². The van der Waals surface area contributed by atoms with E-state index in [1.54, 1.807) is 0 Å². The SMILES string of the molecule is c1ccc(Nc2ccc(-c3ccc(Nc4ccccc4)c(-c4ccc(-c5ccccc5)cc4)c3-c3ccc(-c4ccccc4)cc3)cc2)cc1. The van der Waals surface area contributed by atoms with Crippen molar-refractivity contribution in [2.45, 2.75) is 0 Å². The van der Waals surface area contributed by atoms with E-state index in [0.717, 1.165) is 45.0 Å². The first-order chi connectivity index (χ1) is 24.8. The number of para-hydroxylation sites is 2. The zero-order chi connectivity index (χ0) is 33.5. The van der Waals surface area contributed by atoms with Crippen molar-refractivity contribution in [1.29, 1.82) is 0 Å². The Bertz CT molecular complexity index is 2300. The average molecular weight is 641 g/mol. The van der Waals surface area contributed by atoms with E-state index in [0.29, 0.717) is 0 Å². The number of hydrogen-bond donors (Lipinski definition) is 2. The summed E-state index contributed by atoms with van der Waals surface area (Å²) in [5, 5.41) is 7.30. The highest BCUT2D eigenvalue weighted by molar-refractivity contribution is 6.01. The summed E-state index contributed by atoms with van der Waals surface area (Å²) < 4.78 is 0. The van der Waals surface area contributed by atoms with Gasteiger partial charge in [0.2, 0.25) is 0 Å². The molecule has 0 aliphatic heterocycles. The second-order valence-corrected chi connectivity index (χ2v) is 12.4. The number of rotatable bonds is 9. The van der Waals surface area contributed by atoms with E-state index >= 15 is 0 Å². The molecule has 0 spiro atoms. The van der Waals surface area contributed by atoms with E-state index in [9.17, 15) is 0 Å². The molecular weight excluding hydrogens is 605 g/mol. The minimum absolute atomic E-state index is 1.05. The number of benzene rings is 8. The van der Waals surface area contributed by atoms with Crippen LogP contribution in [0.15, 0.2) is 206 Å². The van der Waals surface area contributed by atoms with Crippen molar-refractivity contribution in [3.05, 3.63) is 206 Å². The summed E-state index contributed by atoms with van der Waals surface area (Å²) in [4.78, 5) is 0. The molecule has 0 atom stereocenters. The minimum atomic E-state index is 1.05. The lowest BCUT2D eigenvalue weighted by Gasteiger charge is -2.22. The first-order valence-electron chi connectivity index (χ1n) is 17.0. The third kappa shape index (κ3) is 6.69. The number of hydrogen-bond acceptors (Lipinski definition) is 2. The Morgan fingerprint density at radius 2 is 0.580 bits per heavy atom. The van der Waals surface area contributed by atoms with Crippen LogP contribution in [-0.4, -0.2) is 0 Å². The van der Waals surface area contributed by atoms with Crippen LogP contribution < -0.4 is 10.6 Å². The largest absolute Gasteiger partial charge is 0.356 e. The molecule has 0 aliphatic rings. The summed E-state index contributed by atoms with van der Waals surface area (Å²) >= 11 is 0. The number of nitrogens with one attached hydrogen (secondary N) is 2. The maximum absolute atomic E-state index is 3.77. The molecule has 238 valence electrons. The topological polar surface area (TPSA) is 24.1 Å². The fourth-order valence-electron chi connectivity index (χ4n) is 6.57. The van der Waals surface area contributed by atoms with Gasteiger partial charge in [0.25, 0.3) is 0 Å². The van der Waals surface area contributed by atoms with Gasteiger partial charge in [0.1, 0.15) is 0 Å². The summed E-state index contributed by atoms with van der Waals surface area (Å²) in [7, 11) is 0. The van der Waals surface area contributed by atoms with Crippen LogP contribution >= 0.6 is 0 Å². The highest BCUT2D eigenvalue weighted by atomic mass is 14.9. The van der Waals surface area contributed by atoms with Crippen LogP contribution in [0.2, 0.25) is 0 Å². The molecule has 0 saturated heterocycles. The molecule has 2 N–H and O–H groups in total. The Labute approximate surface area is 294 Å². The standard InChI is InChI=1S/C48H36N2/c1-5-13-35(14-6-1)37-21-25-40(26-22-37)47-45(39-29-31-44(32-30-39)49-42-17-9-3-10-18-42)33-34-46(50-43-19-11-4-12-20-43)48(47)41-27-23-38(24-28-41)36-15-7-2-8-16-36/h1-34,49-50H. The lowest BCUT2D eigenvalue weighted by molar-refractivity contribution is 1.50. The molecule has 50 heavy (non-hydrogen) atoms. The minimum Gasteiger partial charge on any atom is -0.356 e. The predicted octanol–water partition coefficient (Wildman–Crippen LogP) is 13.5. The first kappa shape index (κ1) is 30.7. The average Bonchev–Trinajstić information content (AvgIpc) is 3.20. The third-order valence-electron chi connectivity index (χ3n) is 9.08. The smallest absolute Gasteiger partial charge is 0.0470 e. The molecule has 0 amide bonds. The van der Waals surface area contributed by atoms with Gasteiger partial charge in [-0.05, 0) is 92.5 Å². The van der Waals surface area contributed by atoms with Crippen molar-refractivity contribution in [1.82, 2.24) is 0 Å². The zero-order valence-electron chi connectivity index (χ0n) is 27.6. The summed E-state index contributed by atoms with van der Waals surface area (Å²) in [5.41, 5.74) is 16.0. The molecule has 0 aromatic heterocycles. The zero-order valence-corrected chi connectivity index (χ0v) is 27.6. The van der Waals surface area contributed by atoms with E-state index in [4.69, 9.17) is 0 Å². The predicted molar refractivity (Wildman–Crippen MR) is 213 cm³/mol. The Morgan fingerprint density at radius 1 is 0.220 bits per heavy atom. The summed E-state index contributed by atoms with van der Waals surface area (Å²) in [6.07, 6.45) is 0. The van der Waals surface area contributed by atoms with Crippen LogP contribution in [0.3, 0.4) is 0 Å². The molecule has 8 rings (SSSR count). The van der Waals surface area contributed by atoms with E-state index in [2.05, 4.69) is 193 Å². The van der Waals surface area contributed by atoms with Gasteiger partial charge in [-0.2, -0.15) is 0 Å². The normalized spacial score (nSPS) is 10.8. The Hall–Kier alpha value is -6.64. The highest BCUT2D eigenvalue weighted by Gasteiger charge is 2.19. The van der Waals surface area contributed by atoms with Gasteiger partial charge < -0.3 is 10.6 Å². The van der Waals surface area contributed by atoms with Gasteiger partial charge in [0.15, 0.2) is 0 Å². The first-order valence-corrected chi connectivity index (χ1v) is 17.0. The van der Waals surface area contributed by atoms with Gasteiger partial charge in [0, 0.05) is 28.3 Å². The fourth-order valence-corrected chi connectivity index (χ4v) is 6.57. The van der Waals surface area contributed by atoms with Crippen LogP contribution in [0.25, 0.3) is 55.6 Å². The van der Waals surface area contributed by atoms with E-state index in [1.807, 2.05) is 24.3 Å². The molecule has 0 aliphatic carbocycles. The Morgan fingerprint density at radius 3 is 1.08 bits per heavy atom. The van der Waals surface area contributed by atoms with Crippen LogP contribution in [0, 0.1) is 0 Å². The second kappa shape index (κ2) is 14.2. The summed E-state index contributed by atoms with van der Waals surface area (Å²) in [6, 6.07) is 73.1. The molecule has 0 bridgehead atoms. The van der Waals surface area contributed by atoms with Crippen molar-refractivity contribution in [3.8, 4) is 55.6 Å². The monoisotopic (exact) mass is 640 g/mol. The van der Waals surface area contributed by atoms with Gasteiger partial charge in [-0.15, -0.1) is 0 Å². The van der Waals surface area contributed by atoms with Gasteiger partial charge in [0.05, 0.1) is 0 Å². The molecule has 0 fully saturated rings. The lowest BCUT2D eigenvalue weighted by Crippen LogP contribution is -1.98. The second-order valence-electron chi connectivity index (χ2n) is 12.4. The molecule has 0 heterocycles. The van der Waals surface area contributed by atoms with Crippen molar-refractivity contribution in [3.63, 3.8) is 0 Å². The van der Waals surface area contributed by atoms with Crippen LogP contribution in [0.5, 0.6) is 0 Å². The van der Waals surface area contributed by atoms with E-state index < -0.39 is 0 Å². The molecule has 8 aromatic carbocycles. The molecule has 0 radical (unpaired) electrons. The molecule has 2 nitrogen and oxygen atoms in total. The highest BCUT2D eigenvalue weighted by Crippen LogP contribution is 2.46. The van der Waals surface area contributed by atoms with Gasteiger partial charge in [-0.3, -0.25) is 0 Å². The summed E-state index contributed by atoms with van der Waals surface area (Å²) in [6.45, 7) is 0. The van der Waals surface area contributed by atoms with Crippen LogP contribution in [0.1, 0.15) is 0 Å². The summed E-state index contributed by atoms with van der Waals surface area (Å²) in [5.74, 6) is 0. The van der Waals surface area contributed by atoms with E-state index in [-0.39, 0.29) is 0 Å². The van der Waals surface area contributed by atoms with Crippen molar-refractivity contribution in [2.75, 3.05) is 10.6 Å². The van der Waals surface area contributed by atoms with Crippen molar-refractivity contribution in [2.24, 2.45) is 0 Å². The molecular formula is C48H36N2. The molecule has 0 saturated carbocycles. The van der Waals surface area contributed by atoms with Gasteiger partial charge in [-0.25, -0.2) is 0 Å². The molecule has 2 heteroatoms. The molecule has 0 unspecified atom stereocenters. The van der Waals surface area contributed by atoms with Crippen LogP contribution in [-0.2, 0) is 0 Å². The van der Waals surface area contributed by atoms with Gasteiger partial charge >= 0.3 is 0 Å². The Kier molecular flexibility index (Phi) is 8.73. The van der Waals surface area contributed by atoms with Gasteiger partial charge in [-0.1, -0.05) is 164 Å². The van der Waals surface area contributed by atoms with Crippen LogP contribution in [0.4, 0.5) is 22.7 Å². The van der Waals surface area contributed by atoms with Crippen molar-refractivity contribution >= 4 is 22.7 Å². The quantitative estimate of drug-likeness (QED) is 0.164.